The van der Waals surface area contributed by atoms with Gasteiger partial charge in [-0.1, -0.05) is 0 Å². The van der Waals surface area contributed by atoms with Crippen molar-refractivity contribution in [2.75, 3.05) is 38.3 Å². The van der Waals surface area contributed by atoms with Crippen molar-refractivity contribution in [1.29, 1.82) is 0 Å². The Balaban J connectivity index is 1.89. The Morgan fingerprint density at radius 2 is 2.47 bits per heavy atom. The van der Waals surface area contributed by atoms with Crippen LogP contribution in [0, 0.1) is 5.92 Å². The Morgan fingerprint density at radius 3 is 3.21 bits per heavy atom. The van der Waals surface area contributed by atoms with Crippen molar-refractivity contribution in [3.8, 4) is 0 Å². The summed E-state index contributed by atoms with van der Waals surface area (Å²) < 4.78 is 10.1. The molecule has 1 aromatic rings. The summed E-state index contributed by atoms with van der Waals surface area (Å²) in [5.41, 5.74) is 0.800. The summed E-state index contributed by atoms with van der Waals surface area (Å²) in [4.78, 5) is 18.2. The van der Waals surface area contributed by atoms with Gasteiger partial charge in [-0.05, 0) is 13.3 Å². The number of carbonyl (C=O) groups is 1. The van der Waals surface area contributed by atoms with Crippen LogP contribution in [0.1, 0.15) is 19.0 Å². The van der Waals surface area contributed by atoms with Crippen LogP contribution in [0.25, 0.3) is 0 Å². The van der Waals surface area contributed by atoms with E-state index in [0.29, 0.717) is 12.5 Å². The molecule has 0 N–H and O–H groups in total. The van der Waals surface area contributed by atoms with Gasteiger partial charge in [0.2, 0.25) is 0 Å². The highest BCUT2D eigenvalue weighted by Gasteiger charge is 2.24. The third kappa shape index (κ3) is 3.91. The second kappa shape index (κ2) is 6.86. The zero-order valence-corrected chi connectivity index (χ0v) is 12.2. The monoisotopic (exact) mass is 284 g/mol. The summed E-state index contributed by atoms with van der Waals surface area (Å²) in [7, 11) is 1.74. The van der Waals surface area contributed by atoms with Gasteiger partial charge in [-0.15, -0.1) is 11.3 Å². The van der Waals surface area contributed by atoms with Crippen molar-refractivity contribution >= 4 is 22.4 Å². The molecule has 0 radical (unpaired) electrons. The number of anilines is 1. The Bertz CT molecular complexity index is 422. The highest BCUT2D eigenvalue weighted by Crippen LogP contribution is 2.27. The molecule has 2 rings (SSSR count). The van der Waals surface area contributed by atoms with Gasteiger partial charge < -0.3 is 14.4 Å². The maximum Gasteiger partial charge on any atom is 0.311 e. The second-order valence-corrected chi connectivity index (χ2v) is 5.50. The first-order valence-corrected chi connectivity index (χ1v) is 7.44. The van der Waals surface area contributed by atoms with Crippen molar-refractivity contribution < 1.29 is 14.3 Å². The first-order valence-electron chi connectivity index (χ1n) is 6.56. The fourth-order valence-corrected chi connectivity index (χ4v) is 3.12. The van der Waals surface area contributed by atoms with Crippen molar-refractivity contribution in [2.45, 2.75) is 19.8 Å². The maximum absolute atomic E-state index is 11.4. The van der Waals surface area contributed by atoms with Gasteiger partial charge >= 0.3 is 5.97 Å². The molecule has 2 heterocycles. The lowest BCUT2D eigenvalue weighted by Gasteiger charge is -2.14. The molecule has 1 fully saturated rings. The fraction of sp³-hybridized carbons (Fsp3) is 0.692. The van der Waals surface area contributed by atoms with Gasteiger partial charge in [0.15, 0.2) is 5.13 Å². The molecule has 1 saturated heterocycles. The predicted molar refractivity (Wildman–Crippen MR) is 74.6 cm³/mol. The van der Waals surface area contributed by atoms with Gasteiger partial charge in [-0.2, -0.15) is 0 Å². The van der Waals surface area contributed by atoms with E-state index >= 15 is 0 Å². The van der Waals surface area contributed by atoms with E-state index in [1.807, 2.05) is 12.3 Å². The smallest absolute Gasteiger partial charge is 0.311 e. The van der Waals surface area contributed by atoms with Crippen molar-refractivity contribution in [3.63, 3.8) is 0 Å². The fourth-order valence-electron chi connectivity index (χ4n) is 2.26. The summed E-state index contributed by atoms with van der Waals surface area (Å²) in [6, 6.07) is 0. The third-order valence-electron chi connectivity index (χ3n) is 3.13. The predicted octanol–water partition coefficient (Wildman–Crippen LogP) is 1.72. The topological polar surface area (TPSA) is 51.7 Å². The summed E-state index contributed by atoms with van der Waals surface area (Å²) in [5.74, 6) is 0.375. The maximum atomic E-state index is 11.4. The molecule has 106 valence electrons. The molecule has 1 atom stereocenters. The van der Waals surface area contributed by atoms with Crippen LogP contribution in [0.5, 0.6) is 0 Å². The third-order valence-corrected chi connectivity index (χ3v) is 4.08. The van der Waals surface area contributed by atoms with Crippen LogP contribution in [0.2, 0.25) is 0 Å². The number of rotatable bonds is 6. The van der Waals surface area contributed by atoms with Crippen LogP contribution < -0.4 is 4.90 Å². The molecule has 0 spiro atoms. The molecule has 1 aliphatic heterocycles. The van der Waals surface area contributed by atoms with Gasteiger partial charge in [-0.25, -0.2) is 4.98 Å². The van der Waals surface area contributed by atoms with Gasteiger partial charge in [0.25, 0.3) is 0 Å². The molecule has 0 saturated carbocycles. The van der Waals surface area contributed by atoms with E-state index in [9.17, 15) is 4.79 Å². The first-order chi connectivity index (χ1) is 9.22. The average molecular weight is 284 g/mol. The molecule has 5 nitrogen and oxygen atoms in total. The van der Waals surface area contributed by atoms with Crippen LogP contribution in [0.4, 0.5) is 5.13 Å². The highest BCUT2D eigenvalue weighted by molar-refractivity contribution is 7.13. The number of aromatic nitrogens is 1. The van der Waals surface area contributed by atoms with Gasteiger partial charge in [0.05, 0.1) is 25.3 Å². The number of methoxy groups -OCH3 is 1. The summed E-state index contributed by atoms with van der Waals surface area (Å²) in [6.45, 7) is 5.03. The first kappa shape index (κ1) is 14.3. The SMILES string of the molecule is CCOC(=O)Cc1csc(N2CCC(COC)C2)n1. The molecule has 1 aromatic heterocycles. The summed E-state index contributed by atoms with van der Waals surface area (Å²) in [5, 5.41) is 2.94. The summed E-state index contributed by atoms with van der Waals surface area (Å²) in [6.07, 6.45) is 1.40. The van der Waals surface area contributed by atoms with Crippen LogP contribution in [-0.2, 0) is 20.7 Å². The zero-order valence-electron chi connectivity index (χ0n) is 11.4. The molecular weight excluding hydrogens is 264 g/mol. The molecular formula is C13H20N2O3S. The van der Waals surface area contributed by atoms with Crippen LogP contribution in [-0.4, -0.2) is 44.4 Å². The van der Waals surface area contributed by atoms with Crippen molar-refractivity contribution in [1.82, 2.24) is 4.98 Å². The van der Waals surface area contributed by atoms with Gasteiger partial charge in [-0.3, -0.25) is 4.79 Å². The molecule has 0 bridgehead atoms. The van der Waals surface area contributed by atoms with Gasteiger partial charge in [0.1, 0.15) is 0 Å². The van der Waals surface area contributed by atoms with E-state index in [1.165, 1.54) is 0 Å². The quantitative estimate of drug-likeness (QED) is 0.745. The molecule has 1 aliphatic rings. The molecule has 19 heavy (non-hydrogen) atoms. The number of hydrogen-bond donors (Lipinski definition) is 0. The largest absolute Gasteiger partial charge is 0.466 e. The molecule has 0 amide bonds. The van der Waals surface area contributed by atoms with Gasteiger partial charge in [0, 0.05) is 31.5 Å². The van der Waals surface area contributed by atoms with Crippen LogP contribution in [0.3, 0.4) is 0 Å². The van der Waals surface area contributed by atoms with E-state index in [4.69, 9.17) is 9.47 Å². The Kier molecular flexibility index (Phi) is 5.15. The van der Waals surface area contributed by atoms with Crippen molar-refractivity contribution in [2.24, 2.45) is 5.92 Å². The number of thiazole rings is 1. The second-order valence-electron chi connectivity index (χ2n) is 4.66. The minimum atomic E-state index is -0.210. The van der Waals surface area contributed by atoms with Crippen LogP contribution >= 0.6 is 11.3 Å². The Hall–Kier alpha value is -1.14. The number of esters is 1. The van der Waals surface area contributed by atoms with E-state index in [-0.39, 0.29) is 12.4 Å². The van der Waals surface area contributed by atoms with E-state index in [1.54, 1.807) is 18.4 Å². The molecule has 1 unspecified atom stereocenters. The molecule has 0 aliphatic carbocycles. The molecule has 0 aromatic carbocycles. The lowest BCUT2D eigenvalue weighted by Crippen LogP contribution is -2.20. The standard InChI is InChI=1S/C13H20N2O3S/c1-3-18-12(16)6-11-9-19-13(14-11)15-5-4-10(7-15)8-17-2/h9-10H,3-8H2,1-2H3. The number of carbonyl (C=O) groups excluding carboxylic acids is 1. The summed E-state index contributed by atoms with van der Waals surface area (Å²) >= 11 is 1.59. The van der Waals surface area contributed by atoms with Crippen molar-refractivity contribution in [3.05, 3.63) is 11.1 Å². The highest BCUT2D eigenvalue weighted by atomic mass is 32.1. The zero-order chi connectivity index (χ0) is 13.7. The lowest BCUT2D eigenvalue weighted by molar-refractivity contribution is -0.142. The van der Waals surface area contributed by atoms with E-state index < -0.39 is 0 Å². The van der Waals surface area contributed by atoms with Crippen LogP contribution in [0.15, 0.2) is 5.38 Å². The number of ether oxygens (including phenoxy) is 2. The Labute approximate surface area is 117 Å². The van der Waals surface area contributed by atoms with E-state index in [2.05, 4.69) is 9.88 Å². The number of hydrogen-bond acceptors (Lipinski definition) is 6. The van der Waals surface area contributed by atoms with E-state index in [0.717, 1.165) is 36.9 Å². The Morgan fingerprint density at radius 1 is 1.63 bits per heavy atom. The average Bonchev–Trinajstić information content (AvgIpc) is 2.99. The number of nitrogens with zero attached hydrogens (tertiary/aromatic N) is 2. The molecule has 6 heteroatoms. The minimum absolute atomic E-state index is 0.210. The lowest BCUT2D eigenvalue weighted by atomic mass is 10.1. The minimum Gasteiger partial charge on any atom is -0.466 e. The normalized spacial score (nSPS) is 18.8.